The van der Waals surface area contributed by atoms with Gasteiger partial charge in [0.1, 0.15) is 12.7 Å². The molecule has 0 aliphatic heterocycles. The van der Waals surface area contributed by atoms with E-state index in [0.717, 1.165) is 11.3 Å². The number of rotatable bonds is 4. The van der Waals surface area contributed by atoms with Gasteiger partial charge in [0.25, 0.3) is 0 Å². The molecule has 0 radical (unpaired) electrons. The molecule has 6 nitrogen and oxygen atoms in total. The van der Waals surface area contributed by atoms with Gasteiger partial charge in [-0.2, -0.15) is 5.10 Å². The molecule has 2 aromatic rings. The number of hydrogen-bond donors (Lipinski definition) is 2. The molecule has 0 spiro atoms. The van der Waals surface area contributed by atoms with E-state index < -0.39 is 0 Å². The van der Waals surface area contributed by atoms with Crippen LogP contribution in [-0.4, -0.2) is 26.8 Å². The average molecular weight is 426 g/mol. The minimum atomic E-state index is 0. The summed E-state index contributed by atoms with van der Waals surface area (Å²) in [6.45, 7) is 0.586. The van der Waals surface area contributed by atoms with E-state index >= 15 is 0 Å². The lowest BCUT2D eigenvalue weighted by Crippen LogP contribution is -2.41. The molecule has 0 amide bonds. The Morgan fingerprint density at radius 1 is 1.22 bits per heavy atom. The van der Waals surface area contributed by atoms with Gasteiger partial charge in [-0.25, -0.2) is 14.7 Å². The molecule has 1 fully saturated rings. The van der Waals surface area contributed by atoms with Crippen LogP contribution in [0.2, 0.25) is 0 Å². The zero-order chi connectivity index (χ0) is 15.2. The van der Waals surface area contributed by atoms with Crippen LogP contribution < -0.4 is 11.1 Å². The van der Waals surface area contributed by atoms with Crippen molar-refractivity contribution in [2.24, 2.45) is 10.7 Å². The molecule has 23 heavy (non-hydrogen) atoms. The first-order chi connectivity index (χ1) is 10.8. The number of guanidine groups is 1. The minimum absolute atomic E-state index is 0. The summed E-state index contributed by atoms with van der Waals surface area (Å²) in [5.74, 6) is 0.548. The van der Waals surface area contributed by atoms with Crippen LogP contribution in [0, 0.1) is 0 Å². The van der Waals surface area contributed by atoms with Crippen molar-refractivity contribution < 1.29 is 0 Å². The normalized spacial score (nSPS) is 15.9. The van der Waals surface area contributed by atoms with Crippen LogP contribution in [-0.2, 0) is 6.54 Å². The van der Waals surface area contributed by atoms with Gasteiger partial charge in [-0.1, -0.05) is 31.4 Å². The Labute approximate surface area is 153 Å². The van der Waals surface area contributed by atoms with Gasteiger partial charge in [0.2, 0.25) is 0 Å². The van der Waals surface area contributed by atoms with Crippen molar-refractivity contribution in [1.29, 1.82) is 0 Å². The summed E-state index contributed by atoms with van der Waals surface area (Å²) in [6, 6.07) is 8.57. The molecule has 1 heterocycles. The van der Waals surface area contributed by atoms with E-state index in [9.17, 15) is 0 Å². The maximum Gasteiger partial charge on any atom is 0.189 e. The molecular formula is C16H23IN6. The van der Waals surface area contributed by atoms with Gasteiger partial charge in [0.15, 0.2) is 5.96 Å². The lowest BCUT2D eigenvalue weighted by atomic mass is 9.96. The summed E-state index contributed by atoms with van der Waals surface area (Å²) < 4.78 is 1.73. The number of nitrogens with one attached hydrogen (secondary N) is 1. The van der Waals surface area contributed by atoms with Crippen molar-refractivity contribution in [1.82, 2.24) is 20.1 Å². The second kappa shape index (κ2) is 8.85. The van der Waals surface area contributed by atoms with E-state index in [2.05, 4.69) is 20.4 Å². The number of hydrogen-bond acceptors (Lipinski definition) is 3. The third-order valence-electron chi connectivity index (χ3n) is 4.01. The molecule has 0 atom stereocenters. The fourth-order valence-corrected chi connectivity index (χ4v) is 2.77. The van der Waals surface area contributed by atoms with Crippen LogP contribution in [0.3, 0.4) is 0 Å². The summed E-state index contributed by atoms with van der Waals surface area (Å²) in [5.41, 5.74) is 8.08. The first kappa shape index (κ1) is 17.7. The molecule has 3 N–H and O–H groups in total. The Bertz CT molecular complexity index is 602. The second-order valence-corrected chi connectivity index (χ2v) is 5.69. The zero-order valence-electron chi connectivity index (χ0n) is 13.1. The molecule has 1 aliphatic carbocycles. The Kier molecular flexibility index (Phi) is 6.82. The lowest BCUT2D eigenvalue weighted by molar-refractivity contribution is 0.412. The Morgan fingerprint density at radius 3 is 2.61 bits per heavy atom. The van der Waals surface area contributed by atoms with E-state index in [1.54, 1.807) is 11.0 Å². The van der Waals surface area contributed by atoms with Gasteiger partial charge >= 0.3 is 0 Å². The molecule has 124 valence electrons. The molecule has 1 aromatic heterocycles. The Balaban J connectivity index is 0.00000192. The molecule has 1 saturated carbocycles. The average Bonchev–Trinajstić information content (AvgIpc) is 3.09. The van der Waals surface area contributed by atoms with Crippen LogP contribution in [0.15, 0.2) is 41.9 Å². The van der Waals surface area contributed by atoms with Crippen molar-refractivity contribution in [2.45, 2.75) is 44.7 Å². The minimum Gasteiger partial charge on any atom is -0.370 e. The fourth-order valence-electron chi connectivity index (χ4n) is 2.77. The van der Waals surface area contributed by atoms with Crippen molar-refractivity contribution in [3.05, 3.63) is 42.5 Å². The fraction of sp³-hybridized carbons (Fsp3) is 0.438. The van der Waals surface area contributed by atoms with E-state index in [1.807, 2.05) is 24.3 Å². The van der Waals surface area contributed by atoms with Crippen LogP contribution in [0.4, 0.5) is 0 Å². The van der Waals surface area contributed by atoms with Gasteiger partial charge < -0.3 is 11.1 Å². The quantitative estimate of drug-likeness (QED) is 0.448. The monoisotopic (exact) mass is 426 g/mol. The highest BCUT2D eigenvalue weighted by atomic mass is 127. The maximum absolute atomic E-state index is 5.98. The summed E-state index contributed by atoms with van der Waals surface area (Å²) in [5, 5.41) is 7.43. The van der Waals surface area contributed by atoms with Crippen LogP contribution in [0.5, 0.6) is 0 Å². The largest absolute Gasteiger partial charge is 0.370 e. The highest BCUT2D eigenvalue weighted by Gasteiger charge is 2.13. The topological polar surface area (TPSA) is 81.1 Å². The number of benzene rings is 1. The first-order valence-electron chi connectivity index (χ1n) is 7.82. The molecule has 0 saturated heterocycles. The third-order valence-corrected chi connectivity index (χ3v) is 4.01. The molecule has 3 rings (SSSR count). The van der Waals surface area contributed by atoms with Gasteiger partial charge in [-0.05, 0) is 30.5 Å². The SMILES string of the molecule is I.NC(=NCc1ccc(-n2cncn2)cc1)NC1CCCCC1. The first-order valence-corrected chi connectivity index (χ1v) is 7.82. The summed E-state index contributed by atoms with van der Waals surface area (Å²) in [6.07, 6.45) is 9.51. The van der Waals surface area contributed by atoms with Crippen molar-refractivity contribution in [3.8, 4) is 5.69 Å². The van der Waals surface area contributed by atoms with Crippen molar-refractivity contribution in [2.75, 3.05) is 0 Å². The number of nitrogens with two attached hydrogens (primary N) is 1. The summed E-state index contributed by atoms with van der Waals surface area (Å²) >= 11 is 0. The Hall–Kier alpha value is -1.64. The summed E-state index contributed by atoms with van der Waals surface area (Å²) in [7, 11) is 0. The van der Waals surface area contributed by atoms with Gasteiger partial charge in [-0.3, -0.25) is 0 Å². The Morgan fingerprint density at radius 2 is 1.96 bits per heavy atom. The maximum atomic E-state index is 5.98. The van der Waals surface area contributed by atoms with Crippen LogP contribution >= 0.6 is 24.0 Å². The molecule has 1 aliphatic rings. The van der Waals surface area contributed by atoms with E-state index in [4.69, 9.17) is 5.73 Å². The highest BCUT2D eigenvalue weighted by molar-refractivity contribution is 14.0. The predicted octanol–water partition coefficient (Wildman–Crippen LogP) is 2.62. The second-order valence-electron chi connectivity index (χ2n) is 5.69. The van der Waals surface area contributed by atoms with Gasteiger partial charge in [-0.15, -0.1) is 24.0 Å². The third kappa shape index (κ3) is 5.19. The molecule has 0 unspecified atom stereocenters. The molecule has 1 aromatic carbocycles. The number of halogens is 1. The molecule has 7 heteroatoms. The predicted molar refractivity (Wildman–Crippen MR) is 102 cm³/mol. The summed E-state index contributed by atoms with van der Waals surface area (Å²) in [4.78, 5) is 8.37. The van der Waals surface area contributed by atoms with Gasteiger partial charge in [0, 0.05) is 6.04 Å². The van der Waals surface area contributed by atoms with Crippen molar-refractivity contribution in [3.63, 3.8) is 0 Å². The molecular weight excluding hydrogens is 403 g/mol. The standard InChI is InChI=1S/C16H22N6.HI/c17-16(21-14-4-2-1-3-5-14)19-10-13-6-8-15(9-7-13)22-12-18-11-20-22;/h6-9,11-12,14H,1-5,10H2,(H3,17,19,21);1H. The highest BCUT2D eigenvalue weighted by Crippen LogP contribution is 2.17. The lowest BCUT2D eigenvalue weighted by Gasteiger charge is -2.23. The number of aromatic nitrogens is 3. The number of nitrogens with zero attached hydrogens (tertiary/aromatic N) is 4. The van der Waals surface area contributed by atoms with E-state index in [0.29, 0.717) is 18.5 Å². The van der Waals surface area contributed by atoms with Crippen LogP contribution in [0.25, 0.3) is 5.69 Å². The van der Waals surface area contributed by atoms with Gasteiger partial charge in [0.05, 0.1) is 12.2 Å². The molecule has 0 bridgehead atoms. The smallest absolute Gasteiger partial charge is 0.189 e. The van der Waals surface area contributed by atoms with Crippen LogP contribution in [0.1, 0.15) is 37.7 Å². The van der Waals surface area contributed by atoms with E-state index in [-0.39, 0.29) is 24.0 Å². The number of aliphatic imine (C=N–C) groups is 1. The van der Waals surface area contributed by atoms with E-state index in [1.165, 1.54) is 38.4 Å². The van der Waals surface area contributed by atoms with Crippen molar-refractivity contribution >= 4 is 29.9 Å². The zero-order valence-corrected chi connectivity index (χ0v) is 15.4.